The molecule has 19 heavy (non-hydrogen) atoms. The fourth-order valence-electron chi connectivity index (χ4n) is 2.50. The van der Waals surface area contributed by atoms with Crippen LogP contribution in [0.4, 0.5) is 4.79 Å². The van der Waals surface area contributed by atoms with Crippen LogP contribution < -0.4 is 4.74 Å². The highest BCUT2D eigenvalue weighted by molar-refractivity contribution is 5.63. The molecule has 0 saturated carbocycles. The standard InChI is InChI=1S/C16H24O3/c1-4-7-12-10-11-15(19-16(17)18)14(9-6-3)13(12)8-5-2/h10-11H,4-9H2,1-3H3,(H,17,18). The van der Waals surface area contributed by atoms with E-state index >= 15 is 0 Å². The van der Waals surface area contributed by atoms with Crippen molar-refractivity contribution in [2.24, 2.45) is 0 Å². The highest BCUT2D eigenvalue weighted by Gasteiger charge is 2.15. The minimum absolute atomic E-state index is 0.512. The van der Waals surface area contributed by atoms with E-state index in [4.69, 9.17) is 9.84 Å². The van der Waals surface area contributed by atoms with Gasteiger partial charge in [-0.2, -0.15) is 0 Å². The molecule has 0 fully saturated rings. The van der Waals surface area contributed by atoms with Gasteiger partial charge in [-0.1, -0.05) is 46.1 Å². The molecule has 0 bridgehead atoms. The second kappa shape index (κ2) is 7.82. The van der Waals surface area contributed by atoms with Crippen LogP contribution in [0.5, 0.6) is 5.75 Å². The molecule has 1 aromatic rings. The van der Waals surface area contributed by atoms with Gasteiger partial charge in [0.1, 0.15) is 5.75 Å². The Hall–Kier alpha value is -1.51. The topological polar surface area (TPSA) is 46.5 Å². The lowest BCUT2D eigenvalue weighted by Gasteiger charge is -2.17. The number of benzene rings is 1. The summed E-state index contributed by atoms with van der Waals surface area (Å²) in [6.45, 7) is 6.42. The molecule has 0 amide bonds. The van der Waals surface area contributed by atoms with Crippen molar-refractivity contribution < 1.29 is 14.6 Å². The molecular weight excluding hydrogens is 240 g/mol. The van der Waals surface area contributed by atoms with Gasteiger partial charge >= 0.3 is 6.16 Å². The quantitative estimate of drug-likeness (QED) is 0.578. The fourth-order valence-corrected chi connectivity index (χ4v) is 2.50. The summed E-state index contributed by atoms with van der Waals surface area (Å²) < 4.78 is 4.93. The summed E-state index contributed by atoms with van der Waals surface area (Å²) in [6, 6.07) is 3.83. The molecule has 0 spiro atoms. The van der Waals surface area contributed by atoms with E-state index in [-0.39, 0.29) is 0 Å². The molecular formula is C16H24O3. The molecule has 1 aromatic carbocycles. The normalized spacial score (nSPS) is 10.5. The lowest BCUT2D eigenvalue weighted by Crippen LogP contribution is -2.09. The van der Waals surface area contributed by atoms with Gasteiger partial charge in [0.25, 0.3) is 0 Å². The predicted molar refractivity (Wildman–Crippen MR) is 77.1 cm³/mol. The molecule has 0 aromatic heterocycles. The van der Waals surface area contributed by atoms with E-state index in [1.165, 1.54) is 11.1 Å². The number of hydrogen-bond donors (Lipinski definition) is 1. The minimum atomic E-state index is -1.23. The van der Waals surface area contributed by atoms with Crippen LogP contribution in [0, 0.1) is 0 Å². The lowest BCUT2D eigenvalue weighted by molar-refractivity contribution is 0.144. The molecule has 0 atom stereocenters. The first kappa shape index (κ1) is 15.5. The smallest absolute Gasteiger partial charge is 0.449 e. The Kier molecular flexibility index (Phi) is 6.40. The summed E-state index contributed by atoms with van der Waals surface area (Å²) >= 11 is 0. The molecule has 0 heterocycles. The summed E-state index contributed by atoms with van der Waals surface area (Å²) in [4.78, 5) is 10.8. The summed E-state index contributed by atoms with van der Waals surface area (Å²) in [7, 11) is 0. The van der Waals surface area contributed by atoms with Crippen molar-refractivity contribution in [3.05, 3.63) is 28.8 Å². The van der Waals surface area contributed by atoms with E-state index in [1.54, 1.807) is 0 Å². The lowest BCUT2D eigenvalue weighted by atomic mass is 9.91. The Bertz CT molecular complexity index is 424. The first-order chi connectivity index (χ1) is 9.13. The fraction of sp³-hybridized carbons (Fsp3) is 0.562. The minimum Gasteiger partial charge on any atom is -0.449 e. The van der Waals surface area contributed by atoms with Gasteiger partial charge in [-0.15, -0.1) is 0 Å². The van der Waals surface area contributed by atoms with Crippen LogP contribution in [0.3, 0.4) is 0 Å². The van der Waals surface area contributed by atoms with E-state index in [0.717, 1.165) is 44.1 Å². The Labute approximate surface area is 115 Å². The van der Waals surface area contributed by atoms with Crippen molar-refractivity contribution >= 4 is 6.16 Å². The second-order valence-electron chi connectivity index (χ2n) is 4.80. The van der Waals surface area contributed by atoms with Crippen LogP contribution in [0.25, 0.3) is 0 Å². The predicted octanol–water partition coefficient (Wildman–Crippen LogP) is 4.60. The van der Waals surface area contributed by atoms with Crippen molar-refractivity contribution in [3.63, 3.8) is 0 Å². The third kappa shape index (κ3) is 4.27. The van der Waals surface area contributed by atoms with Gasteiger partial charge in [0.15, 0.2) is 0 Å². The third-order valence-corrected chi connectivity index (χ3v) is 3.20. The third-order valence-electron chi connectivity index (χ3n) is 3.20. The highest BCUT2D eigenvalue weighted by atomic mass is 16.7. The van der Waals surface area contributed by atoms with Gasteiger partial charge < -0.3 is 9.84 Å². The van der Waals surface area contributed by atoms with Crippen LogP contribution >= 0.6 is 0 Å². The Morgan fingerprint density at radius 3 is 2.11 bits per heavy atom. The molecule has 3 nitrogen and oxygen atoms in total. The van der Waals surface area contributed by atoms with E-state index in [9.17, 15) is 4.79 Å². The molecule has 1 N–H and O–H groups in total. The molecule has 0 aliphatic heterocycles. The highest BCUT2D eigenvalue weighted by Crippen LogP contribution is 2.29. The number of aryl methyl sites for hydroxylation is 1. The van der Waals surface area contributed by atoms with Gasteiger partial charge in [-0.05, 0) is 42.0 Å². The van der Waals surface area contributed by atoms with Crippen LogP contribution in [-0.2, 0) is 19.3 Å². The number of hydrogen-bond acceptors (Lipinski definition) is 2. The molecule has 3 heteroatoms. The molecule has 0 aliphatic rings. The Morgan fingerprint density at radius 1 is 1.00 bits per heavy atom. The van der Waals surface area contributed by atoms with Gasteiger partial charge in [-0.25, -0.2) is 4.79 Å². The van der Waals surface area contributed by atoms with Crippen molar-refractivity contribution in [1.29, 1.82) is 0 Å². The first-order valence-corrected chi connectivity index (χ1v) is 7.18. The van der Waals surface area contributed by atoms with Crippen LogP contribution in [0.2, 0.25) is 0 Å². The van der Waals surface area contributed by atoms with Crippen molar-refractivity contribution in [1.82, 2.24) is 0 Å². The monoisotopic (exact) mass is 264 g/mol. The van der Waals surface area contributed by atoms with Crippen LogP contribution in [-0.4, -0.2) is 11.3 Å². The van der Waals surface area contributed by atoms with Crippen molar-refractivity contribution in [2.45, 2.75) is 59.3 Å². The van der Waals surface area contributed by atoms with Gasteiger partial charge in [0.2, 0.25) is 0 Å². The number of carbonyl (C=O) groups is 1. The summed E-state index contributed by atoms with van der Waals surface area (Å²) in [5.74, 6) is 0.512. The molecule has 0 saturated heterocycles. The molecule has 1 rings (SSSR count). The summed E-state index contributed by atoms with van der Waals surface area (Å²) in [6.07, 6.45) is 4.81. The van der Waals surface area contributed by atoms with Crippen molar-refractivity contribution in [2.75, 3.05) is 0 Å². The maximum absolute atomic E-state index is 10.8. The van der Waals surface area contributed by atoms with Gasteiger partial charge in [-0.3, -0.25) is 0 Å². The molecule has 0 unspecified atom stereocenters. The average molecular weight is 264 g/mol. The van der Waals surface area contributed by atoms with Crippen molar-refractivity contribution in [3.8, 4) is 5.75 Å². The average Bonchev–Trinajstić information content (AvgIpc) is 2.36. The van der Waals surface area contributed by atoms with E-state index in [2.05, 4.69) is 20.8 Å². The largest absolute Gasteiger partial charge is 0.511 e. The molecule has 106 valence electrons. The van der Waals surface area contributed by atoms with Gasteiger partial charge in [0, 0.05) is 0 Å². The van der Waals surface area contributed by atoms with E-state index in [0.29, 0.717) is 5.75 Å². The zero-order chi connectivity index (χ0) is 14.3. The van der Waals surface area contributed by atoms with Crippen LogP contribution in [0.15, 0.2) is 12.1 Å². The van der Waals surface area contributed by atoms with Gasteiger partial charge in [0.05, 0.1) is 0 Å². The Morgan fingerprint density at radius 2 is 1.58 bits per heavy atom. The van der Waals surface area contributed by atoms with E-state index < -0.39 is 6.16 Å². The number of rotatable bonds is 7. The Balaban J connectivity index is 3.25. The first-order valence-electron chi connectivity index (χ1n) is 7.18. The zero-order valence-corrected chi connectivity index (χ0v) is 12.2. The van der Waals surface area contributed by atoms with Crippen LogP contribution in [0.1, 0.15) is 56.7 Å². The molecule has 0 aliphatic carbocycles. The number of carboxylic acid groups (broad SMARTS) is 1. The summed E-state index contributed by atoms with van der Waals surface area (Å²) in [5.41, 5.74) is 3.72. The summed E-state index contributed by atoms with van der Waals surface area (Å²) in [5, 5.41) is 8.83. The van der Waals surface area contributed by atoms with E-state index in [1.807, 2.05) is 12.1 Å². The molecule has 0 radical (unpaired) electrons. The number of ether oxygens (including phenoxy) is 1. The second-order valence-corrected chi connectivity index (χ2v) is 4.80. The SMILES string of the molecule is CCCc1ccc(OC(=O)O)c(CCC)c1CCC. The maximum atomic E-state index is 10.8. The maximum Gasteiger partial charge on any atom is 0.511 e. The zero-order valence-electron chi connectivity index (χ0n) is 12.2.